The van der Waals surface area contributed by atoms with Crippen molar-refractivity contribution in [2.24, 2.45) is 4.99 Å². The van der Waals surface area contributed by atoms with Crippen LogP contribution in [0.4, 0.5) is 0 Å². The van der Waals surface area contributed by atoms with Gasteiger partial charge in [0.1, 0.15) is 5.44 Å². The maximum Gasteiger partial charge on any atom is 0.159 e. The molecule has 1 fully saturated rings. The zero-order valence-electron chi connectivity index (χ0n) is 7.13. The van der Waals surface area contributed by atoms with E-state index in [0.717, 1.165) is 11.8 Å². The summed E-state index contributed by atoms with van der Waals surface area (Å²) in [6, 6.07) is 0.374. The van der Waals surface area contributed by atoms with Gasteiger partial charge in [-0.25, -0.2) is 0 Å². The van der Waals surface area contributed by atoms with Gasteiger partial charge in [0.2, 0.25) is 0 Å². The number of hydrogen-bond acceptors (Lipinski definition) is 3. The summed E-state index contributed by atoms with van der Waals surface area (Å²) in [7, 11) is 1.79. The van der Waals surface area contributed by atoms with Crippen LogP contribution in [-0.4, -0.2) is 30.3 Å². The number of ether oxygens (including phenoxy) is 1. The Morgan fingerprint density at radius 3 is 2.91 bits per heavy atom. The van der Waals surface area contributed by atoms with Crippen molar-refractivity contribution in [1.29, 1.82) is 0 Å². The fraction of sp³-hybridized carbons (Fsp3) is 0.857. The normalized spacial score (nSPS) is 34.3. The quantitative estimate of drug-likeness (QED) is 0.679. The summed E-state index contributed by atoms with van der Waals surface area (Å²) < 4.78 is 5.47. The smallest absolute Gasteiger partial charge is 0.159 e. The molecule has 0 spiro atoms. The lowest BCUT2D eigenvalue weighted by molar-refractivity contribution is 0.110. The van der Waals surface area contributed by atoms with Crippen molar-refractivity contribution < 1.29 is 4.74 Å². The van der Waals surface area contributed by atoms with E-state index in [9.17, 15) is 0 Å². The van der Waals surface area contributed by atoms with Crippen LogP contribution >= 0.6 is 11.8 Å². The molecule has 1 saturated heterocycles. The molecule has 0 saturated carbocycles. The molecule has 2 atom stereocenters. The Bertz CT molecular complexity index is 161. The number of aliphatic imine (C=N–C) groups is 1. The highest BCUT2D eigenvalue weighted by Crippen LogP contribution is 2.23. The Hall–Kier alpha value is -0.220. The van der Waals surface area contributed by atoms with E-state index in [2.05, 4.69) is 17.2 Å². The summed E-state index contributed by atoms with van der Waals surface area (Å²) >= 11 is 1.66. The summed E-state index contributed by atoms with van der Waals surface area (Å²) in [5.74, 6) is 0. The van der Waals surface area contributed by atoms with E-state index in [-0.39, 0.29) is 5.44 Å². The van der Waals surface area contributed by atoms with Gasteiger partial charge in [-0.05, 0) is 13.8 Å². The monoisotopic (exact) mass is 174 g/mol. The van der Waals surface area contributed by atoms with Gasteiger partial charge in [0.05, 0.1) is 6.04 Å². The summed E-state index contributed by atoms with van der Waals surface area (Å²) in [6.07, 6.45) is 0. The van der Waals surface area contributed by atoms with Crippen molar-refractivity contribution in [3.05, 3.63) is 0 Å². The number of nitrogens with zero attached hydrogens (tertiary/aromatic N) is 1. The maximum absolute atomic E-state index is 5.47. The van der Waals surface area contributed by atoms with Crippen LogP contribution in [0.3, 0.4) is 0 Å². The number of rotatable bonds is 2. The molecule has 64 valence electrons. The first-order valence-corrected chi connectivity index (χ1v) is 4.67. The van der Waals surface area contributed by atoms with Crippen molar-refractivity contribution in [1.82, 2.24) is 5.32 Å². The number of thioether (sulfide) groups is 1. The third-order valence-corrected chi connectivity index (χ3v) is 2.82. The average Bonchev–Trinajstić information content (AvgIpc) is 2.33. The highest BCUT2D eigenvalue weighted by molar-refractivity contribution is 8.14. The Labute approximate surface area is 71.6 Å². The molecule has 0 aliphatic carbocycles. The van der Waals surface area contributed by atoms with E-state index in [0.29, 0.717) is 6.04 Å². The molecule has 1 rings (SSSR count). The molecule has 0 aromatic carbocycles. The molecule has 4 heteroatoms. The highest BCUT2D eigenvalue weighted by atomic mass is 32.2. The third kappa shape index (κ3) is 2.10. The molecule has 2 unspecified atom stereocenters. The van der Waals surface area contributed by atoms with E-state index in [1.165, 1.54) is 0 Å². The lowest BCUT2D eigenvalue weighted by Crippen LogP contribution is -2.29. The van der Waals surface area contributed by atoms with Gasteiger partial charge in [0, 0.05) is 13.7 Å². The molecule has 1 aliphatic rings. The highest BCUT2D eigenvalue weighted by Gasteiger charge is 2.28. The number of amidine groups is 1. The number of nitrogens with one attached hydrogen (secondary N) is 1. The molecular formula is C7H14N2OS. The van der Waals surface area contributed by atoms with Crippen LogP contribution in [0.1, 0.15) is 13.8 Å². The molecule has 0 radical (unpaired) electrons. The lowest BCUT2D eigenvalue weighted by atomic mass is 10.4. The predicted octanol–water partition coefficient (Wildman–Crippen LogP) is 1.06. The molecule has 0 aromatic heterocycles. The van der Waals surface area contributed by atoms with Crippen LogP contribution in [0.2, 0.25) is 0 Å². The fourth-order valence-corrected chi connectivity index (χ4v) is 2.02. The van der Waals surface area contributed by atoms with E-state index in [4.69, 9.17) is 4.74 Å². The van der Waals surface area contributed by atoms with Gasteiger partial charge >= 0.3 is 0 Å². The fourth-order valence-electron chi connectivity index (χ4n) is 0.969. The van der Waals surface area contributed by atoms with E-state index in [1.807, 2.05) is 6.92 Å². The second-order valence-electron chi connectivity index (χ2n) is 2.40. The molecule has 1 aliphatic heterocycles. The minimum atomic E-state index is 0.235. The molecule has 11 heavy (non-hydrogen) atoms. The van der Waals surface area contributed by atoms with Gasteiger partial charge in [-0.2, -0.15) is 0 Å². The van der Waals surface area contributed by atoms with Crippen molar-refractivity contribution in [3.63, 3.8) is 0 Å². The Morgan fingerprint density at radius 2 is 2.45 bits per heavy atom. The minimum absolute atomic E-state index is 0.235. The van der Waals surface area contributed by atoms with E-state index < -0.39 is 0 Å². The lowest BCUT2D eigenvalue weighted by Gasteiger charge is -2.11. The Morgan fingerprint density at radius 1 is 1.73 bits per heavy atom. The van der Waals surface area contributed by atoms with Gasteiger partial charge in [-0.1, -0.05) is 11.8 Å². The molecule has 0 amide bonds. The topological polar surface area (TPSA) is 33.6 Å². The van der Waals surface area contributed by atoms with Crippen LogP contribution in [-0.2, 0) is 4.74 Å². The van der Waals surface area contributed by atoms with E-state index >= 15 is 0 Å². The summed E-state index contributed by atoms with van der Waals surface area (Å²) in [6.45, 7) is 4.88. The van der Waals surface area contributed by atoms with Crippen LogP contribution < -0.4 is 5.32 Å². The van der Waals surface area contributed by atoms with Crippen LogP contribution in [0.25, 0.3) is 0 Å². The van der Waals surface area contributed by atoms with E-state index in [1.54, 1.807) is 18.8 Å². The second kappa shape index (κ2) is 3.97. The predicted molar refractivity (Wildman–Crippen MR) is 49.0 cm³/mol. The third-order valence-electron chi connectivity index (χ3n) is 1.52. The first kappa shape index (κ1) is 8.87. The molecule has 0 bridgehead atoms. The van der Waals surface area contributed by atoms with Crippen molar-refractivity contribution in [2.45, 2.75) is 25.3 Å². The molecule has 1 heterocycles. The first-order chi connectivity index (χ1) is 5.27. The van der Waals surface area contributed by atoms with Gasteiger partial charge in [-0.3, -0.25) is 4.99 Å². The summed E-state index contributed by atoms with van der Waals surface area (Å²) in [5.41, 5.74) is 0.235. The minimum Gasteiger partial charge on any atom is -0.365 e. The zero-order valence-corrected chi connectivity index (χ0v) is 7.94. The van der Waals surface area contributed by atoms with Gasteiger partial charge in [0.15, 0.2) is 5.17 Å². The molecule has 0 aromatic rings. The van der Waals surface area contributed by atoms with Crippen molar-refractivity contribution in [2.75, 3.05) is 13.7 Å². The first-order valence-electron chi connectivity index (χ1n) is 3.79. The second-order valence-corrected chi connectivity index (χ2v) is 3.49. The average molecular weight is 174 g/mol. The van der Waals surface area contributed by atoms with Gasteiger partial charge in [0.25, 0.3) is 0 Å². The molecule has 1 N–H and O–H groups in total. The summed E-state index contributed by atoms with van der Waals surface area (Å²) in [5, 5.41) is 4.21. The van der Waals surface area contributed by atoms with Crippen LogP contribution in [0.5, 0.6) is 0 Å². The summed E-state index contributed by atoms with van der Waals surface area (Å²) in [4.78, 5) is 4.06. The Balaban J connectivity index is 2.45. The van der Waals surface area contributed by atoms with Crippen LogP contribution in [0, 0.1) is 0 Å². The SMILES string of the molecule is CCOC1SC(=NC)NC1C. The van der Waals surface area contributed by atoms with Gasteiger partial charge < -0.3 is 10.1 Å². The molecule has 3 nitrogen and oxygen atoms in total. The van der Waals surface area contributed by atoms with Crippen LogP contribution in [0.15, 0.2) is 4.99 Å². The maximum atomic E-state index is 5.47. The Kier molecular flexibility index (Phi) is 3.20. The standard InChI is InChI=1S/C7H14N2OS/c1-4-10-6-5(2)9-7(8-3)11-6/h5-6H,4H2,1-3H3,(H,8,9). The zero-order chi connectivity index (χ0) is 8.27. The largest absolute Gasteiger partial charge is 0.365 e. The van der Waals surface area contributed by atoms with Gasteiger partial charge in [-0.15, -0.1) is 0 Å². The van der Waals surface area contributed by atoms with Crippen molar-refractivity contribution in [3.8, 4) is 0 Å². The number of hydrogen-bond donors (Lipinski definition) is 1. The molecular weight excluding hydrogens is 160 g/mol. The van der Waals surface area contributed by atoms with Crippen molar-refractivity contribution >= 4 is 16.9 Å².